The smallest absolute Gasteiger partial charge is 0.203 e. The van der Waals surface area contributed by atoms with Gasteiger partial charge in [0.05, 0.1) is 34.5 Å². The SMILES string of the molecule is CCCc1cc(OCC)c(-c2cc(OC)c(OC)c(OC)c2)c(-c2ccccc2)c1OCC. The van der Waals surface area contributed by atoms with Crippen molar-refractivity contribution >= 4 is 0 Å². The molecule has 0 aliphatic rings. The summed E-state index contributed by atoms with van der Waals surface area (Å²) in [4.78, 5) is 0. The van der Waals surface area contributed by atoms with Gasteiger partial charge in [0.2, 0.25) is 5.75 Å². The summed E-state index contributed by atoms with van der Waals surface area (Å²) in [6, 6.07) is 16.3. The lowest BCUT2D eigenvalue weighted by Gasteiger charge is -2.23. The van der Waals surface area contributed by atoms with Crippen molar-refractivity contribution in [3.8, 4) is 51.0 Å². The average molecular weight is 451 g/mol. The number of hydrogen-bond donors (Lipinski definition) is 0. The topological polar surface area (TPSA) is 46.2 Å². The zero-order chi connectivity index (χ0) is 23.8. The maximum absolute atomic E-state index is 6.29. The molecule has 0 aliphatic carbocycles. The van der Waals surface area contributed by atoms with Crippen LogP contribution in [0.5, 0.6) is 28.7 Å². The van der Waals surface area contributed by atoms with E-state index < -0.39 is 0 Å². The fourth-order valence-electron chi connectivity index (χ4n) is 4.12. The van der Waals surface area contributed by atoms with Crippen molar-refractivity contribution in [3.05, 3.63) is 54.1 Å². The lowest BCUT2D eigenvalue weighted by Crippen LogP contribution is -2.05. The predicted molar refractivity (Wildman–Crippen MR) is 133 cm³/mol. The number of rotatable bonds is 11. The van der Waals surface area contributed by atoms with Crippen LogP contribution < -0.4 is 23.7 Å². The fourth-order valence-corrected chi connectivity index (χ4v) is 4.12. The average Bonchev–Trinajstić information content (AvgIpc) is 2.85. The molecule has 0 amide bonds. The minimum absolute atomic E-state index is 0.547. The van der Waals surface area contributed by atoms with Crippen LogP contribution in [0.2, 0.25) is 0 Å². The highest BCUT2D eigenvalue weighted by molar-refractivity contribution is 5.93. The Bertz CT molecular complexity index is 1030. The second-order valence-corrected chi connectivity index (χ2v) is 7.51. The van der Waals surface area contributed by atoms with Crippen LogP contribution in [0.25, 0.3) is 22.3 Å². The Morgan fingerprint density at radius 2 is 1.24 bits per heavy atom. The maximum atomic E-state index is 6.29. The normalized spacial score (nSPS) is 10.6. The Morgan fingerprint density at radius 3 is 1.76 bits per heavy atom. The van der Waals surface area contributed by atoms with Gasteiger partial charge in [-0.25, -0.2) is 0 Å². The first-order chi connectivity index (χ1) is 16.1. The maximum Gasteiger partial charge on any atom is 0.203 e. The van der Waals surface area contributed by atoms with Crippen molar-refractivity contribution in [1.29, 1.82) is 0 Å². The van der Waals surface area contributed by atoms with Gasteiger partial charge in [-0.05, 0) is 55.2 Å². The Balaban J connectivity index is 2.47. The number of ether oxygens (including phenoxy) is 5. The molecule has 0 bridgehead atoms. The first kappa shape index (κ1) is 24.3. The number of hydrogen-bond acceptors (Lipinski definition) is 5. The van der Waals surface area contributed by atoms with Gasteiger partial charge in [0, 0.05) is 11.1 Å². The van der Waals surface area contributed by atoms with Gasteiger partial charge in [-0.1, -0.05) is 43.7 Å². The van der Waals surface area contributed by atoms with Crippen molar-refractivity contribution in [1.82, 2.24) is 0 Å². The standard InChI is InChI=1S/C28H34O5/c1-7-13-20-16-22(32-8-2)25(21-17-23(29-4)28(31-6)24(18-21)30-5)26(27(20)33-9-3)19-14-11-10-12-15-19/h10-12,14-18H,7-9,13H2,1-6H3. The summed E-state index contributed by atoms with van der Waals surface area (Å²) in [6.07, 6.45) is 1.90. The molecule has 3 aromatic carbocycles. The second-order valence-electron chi connectivity index (χ2n) is 7.51. The highest BCUT2D eigenvalue weighted by Gasteiger charge is 2.25. The molecule has 0 atom stereocenters. The summed E-state index contributed by atoms with van der Waals surface area (Å²) in [5.74, 6) is 3.42. The summed E-state index contributed by atoms with van der Waals surface area (Å²) in [6.45, 7) is 7.30. The van der Waals surface area contributed by atoms with Gasteiger partial charge < -0.3 is 23.7 Å². The molecule has 0 aliphatic heterocycles. The molecule has 3 aromatic rings. The van der Waals surface area contributed by atoms with Crippen LogP contribution in [-0.2, 0) is 6.42 Å². The lowest BCUT2D eigenvalue weighted by atomic mass is 9.89. The van der Waals surface area contributed by atoms with E-state index in [1.165, 1.54) is 0 Å². The fraction of sp³-hybridized carbons (Fsp3) is 0.357. The third-order valence-electron chi connectivity index (χ3n) is 5.44. The van der Waals surface area contributed by atoms with Gasteiger partial charge >= 0.3 is 0 Å². The Hall–Kier alpha value is -3.34. The quantitative estimate of drug-likeness (QED) is 0.322. The number of methoxy groups -OCH3 is 3. The lowest BCUT2D eigenvalue weighted by molar-refractivity contribution is 0.324. The first-order valence-electron chi connectivity index (χ1n) is 11.4. The van der Waals surface area contributed by atoms with Crippen LogP contribution in [-0.4, -0.2) is 34.5 Å². The van der Waals surface area contributed by atoms with E-state index in [0.29, 0.717) is 30.5 Å². The van der Waals surface area contributed by atoms with E-state index in [0.717, 1.165) is 52.2 Å². The van der Waals surface area contributed by atoms with Crippen LogP contribution in [0, 0.1) is 0 Å². The summed E-state index contributed by atoms with van der Waals surface area (Å²) >= 11 is 0. The van der Waals surface area contributed by atoms with E-state index in [4.69, 9.17) is 23.7 Å². The molecule has 0 N–H and O–H groups in total. The number of aryl methyl sites for hydroxylation is 1. The van der Waals surface area contributed by atoms with E-state index >= 15 is 0 Å². The Kier molecular flexibility index (Phi) is 8.47. The van der Waals surface area contributed by atoms with E-state index in [2.05, 4.69) is 25.1 Å². The molecule has 3 rings (SSSR count). The van der Waals surface area contributed by atoms with Gasteiger partial charge in [0.1, 0.15) is 11.5 Å². The third kappa shape index (κ3) is 5.03. The third-order valence-corrected chi connectivity index (χ3v) is 5.44. The summed E-state index contributed by atoms with van der Waals surface area (Å²) in [5.41, 5.74) is 5.03. The van der Waals surface area contributed by atoms with Crippen LogP contribution in [0.15, 0.2) is 48.5 Å². The Morgan fingerprint density at radius 1 is 0.606 bits per heavy atom. The van der Waals surface area contributed by atoms with Crippen LogP contribution in [0.1, 0.15) is 32.8 Å². The molecule has 0 fully saturated rings. The summed E-state index contributed by atoms with van der Waals surface area (Å²) < 4.78 is 29.3. The van der Waals surface area contributed by atoms with E-state index in [9.17, 15) is 0 Å². The molecule has 0 radical (unpaired) electrons. The monoisotopic (exact) mass is 450 g/mol. The molecule has 0 aromatic heterocycles. The molecule has 0 unspecified atom stereocenters. The largest absolute Gasteiger partial charge is 0.493 e. The second kappa shape index (κ2) is 11.5. The van der Waals surface area contributed by atoms with Crippen molar-refractivity contribution in [2.24, 2.45) is 0 Å². The molecule has 176 valence electrons. The summed E-state index contributed by atoms with van der Waals surface area (Å²) in [7, 11) is 4.85. The molecule has 5 nitrogen and oxygen atoms in total. The van der Waals surface area contributed by atoms with Crippen LogP contribution in [0.3, 0.4) is 0 Å². The van der Waals surface area contributed by atoms with Gasteiger partial charge in [0.15, 0.2) is 11.5 Å². The predicted octanol–water partition coefficient (Wildman–Crippen LogP) is 6.80. The molecule has 0 saturated heterocycles. The highest BCUT2D eigenvalue weighted by Crippen LogP contribution is 2.50. The minimum atomic E-state index is 0.547. The van der Waals surface area contributed by atoms with Crippen molar-refractivity contribution in [3.63, 3.8) is 0 Å². The first-order valence-corrected chi connectivity index (χ1v) is 11.4. The van der Waals surface area contributed by atoms with Gasteiger partial charge in [0.25, 0.3) is 0 Å². The zero-order valence-corrected chi connectivity index (χ0v) is 20.5. The van der Waals surface area contributed by atoms with Gasteiger partial charge in [-0.2, -0.15) is 0 Å². The Labute approximate surface area is 197 Å². The van der Waals surface area contributed by atoms with E-state index in [1.54, 1.807) is 21.3 Å². The van der Waals surface area contributed by atoms with Crippen LogP contribution in [0.4, 0.5) is 0 Å². The summed E-state index contributed by atoms with van der Waals surface area (Å²) in [5, 5.41) is 0. The van der Waals surface area contributed by atoms with Crippen molar-refractivity contribution in [2.45, 2.75) is 33.6 Å². The number of benzene rings is 3. The zero-order valence-electron chi connectivity index (χ0n) is 20.5. The van der Waals surface area contributed by atoms with E-state index in [1.807, 2.05) is 44.2 Å². The van der Waals surface area contributed by atoms with Crippen molar-refractivity contribution < 1.29 is 23.7 Å². The molecular weight excluding hydrogens is 416 g/mol. The van der Waals surface area contributed by atoms with Crippen LogP contribution >= 0.6 is 0 Å². The van der Waals surface area contributed by atoms with Gasteiger partial charge in [-0.15, -0.1) is 0 Å². The molecule has 0 saturated carbocycles. The van der Waals surface area contributed by atoms with Gasteiger partial charge in [-0.3, -0.25) is 0 Å². The molecule has 0 spiro atoms. The molecular formula is C28H34O5. The molecule has 0 heterocycles. The molecule has 5 heteroatoms. The highest BCUT2D eigenvalue weighted by atomic mass is 16.5. The van der Waals surface area contributed by atoms with Crippen molar-refractivity contribution in [2.75, 3.05) is 34.5 Å². The minimum Gasteiger partial charge on any atom is -0.493 e. The van der Waals surface area contributed by atoms with E-state index in [-0.39, 0.29) is 0 Å². The molecule has 33 heavy (non-hydrogen) atoms.